The maximum Gasteiger partial charge on any atom is 0.123 e. The second kappa shape index (κ2) is 6.18. The van der Waals surface area contributed by atoms with E-state index in [0.29, 0.717) is 5.82 Å². The zero-order valence-corrected chi connectivity index (χ0v) is 10.3. The van der Waals surface area contributed by atoms with Gasteiger partial charge in [-0.1, -0.05) is 30.3 Å². The SMILES string of the molecule is NNC(CCCc1ccccc1)c1cn[nH]c1N. The van der Waals surface area contributed by atoms with Gasteiger partial charge in [0.1, 0.15) is 5.82 Å². The molecule has 1 unspecified atom stereocenters. The molecule has 1 aromatic carbocycles. The van der Waals surface area contributed by atoms with Gasteiger partial charge in [-0.3, -0.25) is 16.4 Å². The van der Waals surface area contributed by atoms with E-state index in [1.165, 1.54) is 5.56 Å². The van der Waals surface area contributed by atoms with Crippen LogP contribution in [-0.4, -0.2) is 10.2 Å². The number of aromatic nitrogens is 2. The number of nitrogens with zero attached hydrogens (tertiary/aromatic N) is 1. The lowest BCUT2D eigenvalue weighted by atomic mass is 10.0. The standard InChI is InChI=1S/C13H19N5/c14-13-11(9-16-18-13)12(17-15)8-4-7-10-5-2-1-3-6-10/h1-3,5-6,9,12,17H,4,7-8,15H2,(H3,14,16,18). The summed E-state index contributed by atoms with van der Waals surface area (Å²) in [7, 11) is 0. The van der Waals surface area contributed by atoms with E-state index in [9.17, 15) is 0 Å². The monoisotopic (exact) mass is 245 g/mol. The van der Waals surface area contributed by atoms with Gasteiger partial charge in [-0.2, -0.15) is 5.10 Å². The Bertz CT molecular complexity index is 465. The van der Waals surface area contributed by atoms with Crippen LogP contribution in [0.15, 0.2) is 36.5 Å². The molecule has 0 saturated heterocycles. The van der Waals surface area contributed by atoms with Gasteiger partial charge >= 0.3 is 0 Å². The molecule has 2 aromatic rings. The third kappa shape index (κ3) is 3.09. The molecular weight excluding hydrogens is 226 g/mol. The van der Waals surface area contributed by atoms with Crippen LogP contribution in [-0.2, 0) is 6.42 Å². The van der Waals surface area contributed by atoms with E-state index in [1.807, 2.05) is 6.07 Å². The molecule has 0 spiro atoms. The van der Waals surface area contributed by atoms with Crippen molar-refractivity contribution in [2.75, 3.05) is 5.73 Å². The number of aromatic amines is 1. The zero-order valence-electron chi connectivity index (χ0n) is 10.3. The van der Waals surface area contributed by atoms with Crippen LogP contribution in [0.1, 0.15) is 30.0 Å². The fourth-order valence-electron chi connectivity index (χ4n) is 2.07. The molecule has 1 heterocycles. The lowest BCUT2D eigenvalue weighted by Gasteiger charge is -2.14. The lowest BCUT2D eigenvalue weighted by Crippen LogP contribution is -2.28. The van der Waals surface area contributed by atoms with E-state index in [2.05, 4.69) is 39.9 Å². The summed E-state index contributed by atoms with van der Waals surface area (Å²) in [5, 5.41) is 6.64. The van der Waals surface area contributed by atoms with Crippen LogP contribution in [0.25, 0.3) is 0 Å². The van der Waals surface area contributed by atoms with E-state index in [1.54, 1.807) is 6.20 Å². The molecule has 1 atom stereocenters. The Morgan fingerprint density at radius 2 is 2.06 bits per heavy atom. The van der Waals surface area contributed by atoms with Gasteiger partial charge in [0.15, 0.2) is 0 Å². The highest BCUT2D eigenvalue weighted by atomic mass is 15.2. The van der Waals surface area contributed by atoms with E-state index in [4.69, 9.17) is 11.6 Å². The second-order valence-corrected chi connectivity index (χ2v) is 4.34. The summed E-state index contributed by atoms with van der Waals surface area (Å²) >= 11 is 0. The summed E-state index contributed by atoms with van der Waals surface area (Å²) < 4.78 is 0. The largest absolute Gasteiger partial charge is 0.384 e. The summed E-state index contributed by atoms with van der Waals surface area (Å²) in [6, 6.07) is 10.5. The number of hydrogen-bond donors (Lipinski definition) is 4. The number of nitrogen functional groups attached to an aromatic ring is 1. The Hall–Kier alpha value is -1.85. The van der Waals surface area contributed by atoms with E-state index in [0.717, 1.165) is 24.8 Å². The number of H-pyrrole nitrogens is 1. The molecule has 0 radical (unpaired) electrons. The first-order valence-electron chi connectivity index (χ1n) is 6.10. The van der Waals surface area contributed by atoms with Gasteiger partial charge in [0.2, 0.25) is 0 Å². The topological polar surface area (TPSA) is 92.7 Å². The predicted molar refractivity (Wildman–Crippen MR) is 72.4 cm³/mol. The van der Waals surface area contributed by atoms with Crippen LogP contribution in [0.3, 0.4) is 0 Å². The predicted octanol–water partition coefficient (Wildman–Crippen LogP) is 1.52. The van der Waals surface area contributed by atoms with Crippen molar-refractivity contribution in [3.63, 3.8) is 0 Å². The highest BCUT2D eigenvalue weighted by molar-refractivity contribution is 5.39. The van der Waals surface area contributed by atoms with Crippen molar-refractivity contribution in [1.29, 1.82) is 0 Å². The van der Waals surface area contributed by atoms with Crippen molar-refractivity contribution < 1.29 is 0 Å². The average Bonchev–Trinajstić information content (AvgIpc) is 2.82. The maximum atomic E-state index is 5.79. The molecule has 5 nitrogen and oxygen atoms in total. The van der Waals surface area contributed by atoms with Crippen molar-refractivity contribution in [2.45, 2.75) is 25.3 Å². The molecule has 18 heavy (non-hydrogen) atoms. The number of hydrogen-bond acceptors (Lipinski definition) is 4. The Balaban J connectivity index is 1.87. The minimum absolute atomic E-state index is 0.0486. The summed E-state index contributed by atoms with van der Waals surface area (Å²) in [5.74, 6) is 6.15. The van der Waals surface area contributed by atoms with Gasteiger partial charge in [0.25, 0.3) is 0 Å². The fraction of sp³-hybridized carbons (Fsp3) is 0.308. The van der Waals surface area contributed by atoms with E-state index >= 15 is 0 Å². The molecule has 0 bridgehead atoms. The minimum Gasteiger partial charge on any atom is -0.384 e. The number of nitrogens with one attached hydrogen (secondary N) is 2. The van der Waals surface area contributed by atoms with Crippen LogP contribution < -0.4 is 17.0 Å². The molecule has 0 amide bonds. The van der Waals surface area contributed by atoms with Gasteiger partial charge in [0.05, 0.1) is 12.2 Å². The van der Waals surface area contributed by atoms with E-state index in [-0.39, 0.29) is 6.04 Å². The Morgan fingerprint density at radius 3 is 2.67 bits per heavy atom. The van der Waals surface area contributed by atoms with Crippen molar-refractivity contribution >= 4 is 5.82 Å². The molecule has 0 aliphatic rings. The van der Waals surface area contributed by atoms with Crippen molar-refractivity contribution in [2.24, 2.45) is 5.84 Å². The van der Waals surface area contributed by atoms with Crippen molar-refractivity contribution in [3.05, 3.63) is 47.7 Å². The smallest absolute Gasteiger partial charge is 0.123 e. The van der Waals surface area contributed by atoms with Crippen LogP contribution in [0, 0.1) is 0 Å². The first-order valence-corrected chi connectivity index (χ1v) is 6.10. The number of rotatable bonds is 6. The van der Waals surface area contributed by atoms with Crippen molar-refractivity contribution in [3.8, 4) is 0 Å². The number of benzene rings is 1. The molecule has 0 fully saturated rings. The third-order valence-electron chi connectivity index (χ3n) is 3.08. The Labute approximate surface area is 107 Å². The lowest BCUT2D eigenvalue weighted by molar-refractivity contribution is 0.500. The van der Waals surface area contributed by atoms with Gasteiger partial charge < -0.3 is 5.73 Å². The van der Waals surface area contributed by atoms with Crippen LogP contribution in [0.4, 0.5) is 5.82 Å². The fourth-order valence-corrected chi connectivity index (χ4v) is 2.07. The minimum atomic E-state index is 0.0486. The summed E-state index contributed by atoms with van der Waals surface area (Å²) in [6.07, 6.45) is 4.73. The molecule has 6 N–H and O–H groups in total. The zero-order chi connectivity index (χ0) is 12.8. The number of anilines is 1. The molecule has 0 saturated carbocycles. The first-order chi connectivity index (χ1) is 8.81. The molecular formula is C13H19N5. The highest BCUT2D eigenvalue weighted by Crippen LogP contribution is 2.22. The maximum absolute atomic E-state index is 5.79. The first kappa shape index (κ1) is 12.6. The number of hydrazine groups is 1. The number of nitrogens with two attached hydrogens (primary N) is 2. The Morgan fingerprint density at radius 1 is 1.28 bits per heavy atom. The molecule has 2 rings (SSSR count). The highest BCUT2D eigenvalue weighted by Gasteiger charge is 2.13. The second-order valence-electron chi connectivity index (χ2n) is 4.34. The number of aryl methyl sites for hydroxylation is 1. The van der Waals surface area contributed by atoms with Gasteiger partial charge in [-0.15, -0.1) is 0 Å². The normalized spacial score (nSPS) is 12.5. The van der Waals surface area contributed by atoms with E-state index < -0.39 is 0 Å². The summed E-state index contributed by atoms with van der Waals surface area (Å²) in [6.45, 7) is 0. The van der Waals surface area contributed by atoms with Gasteiger partial charge in [-0.25, -0.2) is 0 Å². The van der Waals surface area contributed by atoms with Gasteiger partial charge in [0, 0.05) is 5.56 Å². The molecule has 0 aliphatic carbocycles. The molecule has 96 valence electrons. The summed E-state index contributed by atoms with van der Waals surface area (Å²) in [5.41, 5.74) is 10.9. The van der Waals surface area contributed by atoms with Crippen LogP contribution in [0.5, 0.6) is 0 Å². The third-order valence-corrected chi connectivity index (χ3v) is 3.08. The molecule has 5 heteroatoms. The van der Waals surface area contributed by atoms with Crippen LogP contribution >= 0.6 is 0 Å². The summed E-state index contributed by atoms with van der Waals surface area (Å²) in [4.78, 5) is 0. The average molecular weight is 245 g/mol. The quantitative estimate of drug-likeness (QED) is 0.458. The van der Waals surface area contributed by atoms with Gasteiger partial charge in [-0.05, 0) is 24.8 Å². The van der Waals surface area contributed by atoms with Crippen LogP contribution in [0.2, 0.25) is 0 Å². The molecule has 0 aliphatic heterocycles. The Kier molecular flexibility index (Phi) is 4.33. The van der Waals surface area contributed by atoms with Crippen molar-refractivity contribution in [1.82, 2.24) is 15.6 Å². The molecule has 1 aromatic heterocycles.